The number of hydrogen-bond donors (Lipinski definition) is 0. The van der Waals surface area contributed by atoms with Crippen molar-refractivity contribution >= 4 is 11.8 Å². The van der Waals surface area contributed by atoms with Crippen LogP contribution in [0.15, 0.2) is 40.3 Å². The summed E-state index contributed by atoms with van der Waals surface area (Å²) in [5.41, 5.74) is 2.03. The Morgan fingerprint density at radius 3 is 2.59 bits per heavy atom. The number of tetrazole rings is 1. The summed E-state index contributed by atoms with van der Waals surface area (Å²) in [6, 6.07) is 9.62. The van der Waals surface area contributed by atoms with E-state index >= 15 is 0 Å². The third-order valence-electron chi connectivity index (χ3n) is 5.53. The highest BCUT2D eigenvalue weighted by molar-refractivity contribution is 7.99. The Bertz CT molecular complexity index is 984. The third-order valence-corrected chi connectivity index (χ3v) is 6.75. The lowest BCUT2D eigenvalue weighted by Gasteiger charge is -2.17. The average molecular weight is 385 g/mol. The van der Waals surface area contributed by atoms with Gasteiger partial charge >= 0.3 is 0 Å². The largest absolute Gasteiger partial charge is 0.297 e. The Balaban J connectivity index is 1.73. The number of benzene rings is 1. The molecule has 1 aliphatic rings. The summed E-state index contributed by atoms with van der Waals surface area (Å²) in [5, 5.41) is 13.3. The van der Waals surface area contributed by atoms with E-state index in [0.29, 0.717) is 22.0 Å². The van der Waals surface area contributed by atoms with Crippen LogP contribution in [0.25, 0.3) is 11.4 Å². The smallest absolute Gasteiger partial charge is 0.283 e. The van der Waals surface area contributed by atoms with Crippen molar-refractivity contribution < 1.29 is 0 Å². The molecule has 1 aromatic carbocycles. The Morgan fingerprint density at radius 2 is 1.89 bits per heavy atom. The predicted molar refractivity (Wildman–Crippen MR) is 106 cm³/mol. The lowest BCUT2D eigenvalue weighted by atomic mass is 10.1. The maximum atomic E-state index is 13.2. The molecule has 0 bridgehead atoms. The van der Waals surface area contributed by atoms with Crippen molar-refractivity contribution in [2.24, 2.45) is 13.0 Å². The molecule has 2 aromatic heterocycles. The van der Waals surface area contributed by atoms with Gasteiger partial charge in [0.25, 0.3) is 5.56 Å². The number of thioether (sulfide) groups is 1. The van der Waals surface area contributed by atoms with Crippen molar-refractivity contribution in [3.05, 3.63) is 46.4 Å². The second-order valence-electron chi connectivity index (χ2n) is 7.15. The van der Waals surface area contributed by atoms with Crippen LogP contribution in [0, 0.1) is 12.8 Å². The molecule has 142 valence electrons. The topological polar surface area (TPSA) is 70.5 Å². The molecule has 1 unspecified atom stereocenters. The number of hydrogen-bond acceptors (Lipinski definition) is 5. The fraction of sp³-hybridized carbons (Fsp3) is 0.474. The Kier molecular flexibility index (Phi) is 4.90. The molecule has 0 radical (unpaired) electrons. The quantitative estimate of drug-likeness (QED) is 0.632. The minimum absolute atomic E-state index is 0.121. The van der Waals surface area contributed by atoms with E-state index in [9.17, 15) is 4.79 Å². The maximum Gasteiger partial charge on any atom is 0.297 e. The summed E-state index contributed by atoms with van der Waals surface area (Å²) < 4.78 is 5.11. The van der Waals surface area contributed by atoms with Gasteiger partial charge in [0, 0.05) is 12.3 Å². The normalized spacial score (nSPS) is 16.1. The highest BCUT2D eigenvalue weighted by Crippen LogP contribution is 2.36. The number of rotatable bonds is 5. The Labute approximate surface area is 162 Å². The van der Waals surface area contributed by atoms with Gasteiger partial charge < -0.3 is 0 Å². The first-order valence-corrected chi connectivity index (χ1v) is 10.3. The molecule has 0 N–H and O–H groups in total. The zero-order valence-corrected chi connectivity index (χ0v) is 16.7. The Hall–Kier alpha value is -2.35. The maximum absolute atomic E-state index is 13.2. The van der Waals surface area contributed by atoms with E-state index in [0.717, 1.165) is 11.4 Å². The summed E-state index contributed by atoms with van der Waals surface area (Å²) in [4.78, 5) is 13.2. The SMILES string of the molecule is Cc1c(-n2nnnc2SC(C)C2CCCC2)c(=O)n(-c2ccccc2)n1C. The van der Waals surface area contributed by atoms with E-state index in [4.69, 9.17) is 0 Å². The van der Waals surface area contributed by atoms with E-state index in [2.05, 4.69) is 22.4 Å². The first-order chi connectivity index (χ1) is 13.1. The van der Waals surface area contributed by atoms with Crippen molar-refractivity contribution in [3.63, 3.8) is 0 Å². The molecular formula is C19H24N6OS. The summed E-state index contributed by atoms with van der Waals surface area (Å²) in [6.45, 7) is 4.16. The van der Waals surface area contributed by atoms with Crippen LogP contribution in [-0.2, 0) is 7.05 Å². The van der Waals surface area contributed by atoms with Gasteiger partial charge in [0.1, 0.15) is 0 Å². The predicted octanol–water partition coefficient (Wildman–Crippen LogP) is 3.13. The minimum atomic E-state index is -0.121. The standard InChI is InChI=1S/C19H24N6OS/c1-13-17(18(26)25(23(13)3)16-11-5-4-6-12-16)24-19(20-21-22-24)27-14(2)15-9-7-8-10-15/h4-6,11-12,14-15H,7-10H2,1-3H3. The van der Waals surface area contributed by atoms with Gasteiger partial charge in [0.15, 0.2) is 5.69 Å². The van der Waals surface area contributed by atoms with Gasteiger partial charge in [-0.05, 0) is 48.2 Å². The van der Waals surface area contributed by atoms with Crippen LogP contribution in [-0.4, -0.2) is 34.8 Å². The van der Waals surface area contributed by atoms with Gasteiger partial charge in [0.05, 0.1) is 11.4 Å². The second-order valence-corrected chi connectivity index (χ2v) is 8.50. The molecule has 7 nitrogen and oxygen atoms in total. The van der Waals surface area contributed by atoms with Crippen LogP contribution in [0.2, 0.25) is 0 Å². The van der Waals surface area contributed by atoms with E-state index in [1.54, 1.807) is 21.1 Å². The van der Waals surface area contributed by atoms with Crippen molar-refractivity contribution in [1.29, 1.82) is 0 Å². The third kappa shape index (κ3) is 3.22. The van der Waals surface area contributed by atoms with Crippen molar-refractivity contribution in [2.75, 3.05) is 0 Å². The van der Waals surface area contributed by atoms with Crippen LogP contribution < -0.4 is 5.56 Å². The highest BCUT2D eigenvalue weighted by atomic mass is 32.2. The zero-order chi connectivity index (χ0) is 19.0. The molecule has 1 atom stereocenters. The zero-order valence-electron chi connectivity index (χ0n) is 15.9. The van der Waals surface area contributed by atoms with E-state index in [1.165, 1.54) is 25.7 Å². The van der Waals surface area contributed by atoms with E-state index in [-0.39, 0.29) is 5.56 Å². The first-order valence-electron chi connectivity index (χ1n) is 9.37. The van der Waals surface area contributed by atoms with E-state index < -0.39 is 0 Å². The molecule has 0 saturated heterocycles. The molecule has 1 saturated carbocycles. The van der Waals surface area contributed by atoms with Crippen LogP contribution in [0.3, 0.4) is 0 Å². The summed E-state index contributed by atoms with van der Waals surface area (Å²) >= 11 is 1.67. The fourth-order valence-electron chi connectivity index (χ4n) is 3.88. The highest BCUT2D eigenvalue weighted by Gasteiger charge is 2.27. The molecule has 3 aromatic rings. The fourth-order valence-corrected chi connectivity index (χ4v) is 4.99. The second kappa shape index (κ2) is 7.34. The van der Waals surface area contributed by atoms with Gasteiger partial charge in [-0.2, -0.15) is 4.68 Å². The Morgan fingerprint density at radius 1 is 1.19 bits per heavy atom. The van der Waals surface area contributed by atoms with Crippen LogP contribution in [0.5, 0.6) is 0 Å². The molecule has 8 heteroatoms. The monoisotopic (exact) mass is 384 g/mol. The molecule has 0 aliphatic heterocycles. The van der Waals surface area contributed by atoms with Crippen molar-refractivity contribution in [2.45, 2.75) is 49.9 Å². The van der Waals surface area contributed by atoms with E-state index in [1.807, 2.05) is 49.0 Å². The minimum Gasteiger partial charge on any atom is -0.283 e. The van der Waals surface area contributed by atoms with Gasteiger partial charge in [-0.15, -0.1) is 5.10 Å². The molecule has 0 spiro atoms. The van der Waals surface area contributed by atoms with Crippen LogP contribution >= 0.6 is 11.8 Å². The number of para-hydroxylation sites is 1. The average Bonchev–Trinajstić information content (AvgIpc) is 3.39. The number of nitrogens with zero attached hydrogens (tertiary/aromatic N) is 6. The van der Waals surface area contributed by atoms with Gasteiger partial charge in [-0.3, -0.25) is 9.48 Å². The van der Waals surface area contributed by atoms with Crippen LogP contribution in [0.4, 0.5) is 0 Å². The lowest BCUT2D eigenvalue weighted by molar-refractivity contribution is 0.542. The molecule has 4 rings (SSSR count). The molecule has 0 amide bonds. The first kappa shape index (κ1) is 18.0. The summed E-state index contributed by atoms with van der Waals surface area (Å²) in [5.74, 6) is 0.693. The summed E-state index contributed by atoms with van der Waals surface area (Å²) in [7, 11) is 1.88. The van der Waals surface area contributed by atoms with Gasteiger partial charge in [-0.25, -0.2) is 4.68 Å². The van der Waals surface area contributed by atoms with Crippen LogP contribution in [0.1, 0.15) is 38.3 Å². The number of aromatic nitrogens is 6. The summed E-state index contributed by atoms with van der Waals surface area (Å²) in [6.07, 6.45) is 5.14. The van der Waals surface area contributed by atoms with Gasteiger partial charge in [-0.1, -0.05) is 49.7 Å². The molecule has 2 heterocycles. The van der Waals surface area contributed by atoms with Crippen molar-refractivity contribution in [3.8, 4) is 11.4 Å². The molecule has 27 heavy (non-hydrogen) atoms. The molecule has 1 aliphatic carbocycles. The molecule has 1 fully saturated rings. The van der Waals surface area contributed by atoms with Crippen molar-refractivity contribution in [1.82, 2.24) is 29.6 Å². The van der Waals surface area contributed by atoms with Gasteiger partial charge in [0.2, 0.25) is 5.16 Å². The molecular weight excluding hydrogens is 360 g/mol. The lowest BCUT2D eigenvalue weighted by Crippen LogP contribution is -2.22.